The molecular weight excluding hydrogens is 481 g/mol. The molecule has 3 heterocycles. The van der Waals surface area contributed by atoms with Crippen molar-refractivity contribution in [3.05, 3.63) is 42.2 Å². The number of nitrogens with zero attached hydrogens (tertiary/aromatic N) is 4. The highest BCUT2D eigenvalue weighted by Crippen LogP contribution is 2.23. The van der Waals surface area contributed by atoms with Crippen molar-refractivity contribution in [3.8, 4) is 11.5 Å². The second kappa shape index (κ2) is 11.2. The lowest BCUT2D eigenvalue weighted by molar-refractivity contribution is -0.124. The van der Waals surface area contributed by atoms with E-state index >= 15 is 0 Å². The summed E-state index contributed by atoms with van der Waals surface area (Å²) in [6.45, 7) is -0.213. The fourth-order valence-electron chi connectivity index (χ4n) is 3.64. The highest BCUT2D eigenvalue weighted by molar-refractivity contribution is 6.09. The normalized spacial score (nSPS) is 16.4. The van der Waals surface area contributed by atoms with Crippen LogP contribution in [0.3, 0.4) is 0 Å². The first-order valence-corrected chi connectivity index (χ1v) is 10.9. The van der Waals surface area contributed by atoms with Gasteiger partial charge in [0.05, 0.1) is 5.70 Å². The van der Waals surface area contributed by atoms with Gasteiger partial charge in [-0.15, -0.1) is 0 Å². The fraction of sp³-hybridized carbons (Fsp3) is 0.409. The molecular formula is C22H27F3N8O3. The van der Waals surface area contributed by atoms with Gasteiger partial charge in [-0.2, -0.15) is 13.2 Å². The molecule has 1 atom stereocenters. The smallest absolute Gasteiger partial charge is 0.405 e. The molecule has 1 aliphatic heterocycles. The first-order chi connectivity index (χ1) is 17.0. The Bertz CT molecular complexity index is 1150. The van der Waals surface area contributed by atoms with E-state index in [-0.39, 0.29) is 40.8 Å². The number of carbonyl (C=O) groups is 2. The molecule has 0 spiro atoms. The average Bonchev–Trinajstić information content (AvgIpc) is 3.43. The van der Waals surface area contributed by atoms with Gasteiger partial charge in [-0.3, -0.25) is 19.9 Å². The van der Waals surface area contributed by atoms with E-state index in [1.165, 1.54) is 29.4 Å². The number of carbonyl (C=O) groups excluding carboxylic acids is 2. The Kier molecular flexibility index (Phi) is 8.29. The van der Waals surface area contributed by atoms with E-state index in [4.69, 9.17) is 9.83 Å². The number of hydrogen-bond acceptors (Lipinski definition) is 9. The summed E-state index contributed by atoms with van der Waals surface area (Å²) in [7, 11) is 5.40. The van der Waals surface area contributed by atoms with Crippen LogP contribution in [0.2, 0.25) is 0 Å². The molecule has 2 amide bonds. The number of likely N-dealkylation sites (tertiary alicyclic amines) is 1. The maximum Gasteiger partial charge on any atom is 0.405 e. The van der Waals surface area contributed by atoms with Gasteiger partial charge in [0.1, 0.15) is 18.6 Å². The summed E-state index contributed by atoms with van der Waals surface area (Å²) < 4.78 is 42.7. The number of pyridine rings is 1. The van der Waals surface area contributed by atoms with E-state index in [2.05, 4.69) is 25.9 Å². The fourth-order valence-corrected chi connectivity index (χ4v) is 3.64. The minimum Gasteiger partial charge on any atom is -0.444 e. The van der Waals surface area contributed by atoms with Crippen molar-refractivity contribution < 1.29 is 27.2 Å². The zero-order valence-electron chi connectivity index (χ0n) is 19.9. The summed E-state index contributed by atoms with van der Waals surface area (Å²) in [5, 5.41) is 15.9. The van der Waals surface area contributed by atoms with E-state index in [0.717, 1.165) is 6.26 Å². The standard InChI is InChI=1S/C22H27F3N8O3/c1-27-8-15(19(26)33-10-13(6-18(33)34)9-32(2)3)30-20(35)16-11-36-21(31-16)14-4-5-28-17(7-14)29-12-22(23,24)25/h4-5,7-8,11,13,26-27H,6,9-10,12H2,1-3H3,(H,28,29)(H,30,35)/b15-8+,26-19?. The minimum atomic E-state index is -4.41. The average molecular weight is 509 g/mol. The number of alkyl halides is 3. The number of oxazole rings is 1. The molecule has 1 unspecified atom stereocenters. The molecule has 4 N–H and O–H groups in total. The molecule has 194 valence electrons. The molecule has 0 bridgehead atoms. The number of amidine groups is 1. The highest BCUT2D eigenvalue weighted by atomic mass is 19.4. The van der Waals surface area contributed by atoms with E-state index in [1.54, 1.807) is 7.05 Å². The summed E-state index contributed by atoms with van der Waals surface area (Å²) in [6.07, 6.45) is -0.355. The number of hydrogen-bond donors (Lipinski definition) is 4. The van der Waals surface area contributed by atoms with Crippen LogP contribution < -0.4 is 16.0 Å². The molecule has 11 nitrogen and oxygen atoms in total. The van der Waals surface area contributed by atoms with Crippen molar-refractivity contribution in [1.29, 1.82) is 5.41 Å². The quantitative estimate of drug-likeness (QED) is 0.298. The van der Waals surface area contributed by atoms with Crippen LogP contribution in [0.25, 0.3) is 11.5 Å². The summed E-state index contributed by atoms with van der Waals surface area (Å²) >= 11 is 0. The van der Waals surface area contributed by atoms with E-state index in [1.807, 2.05) is 19.0 Å². The number of rotatable bonds is 9. The predicted molar refractivity (Wildman–Crippen MR) is 125 cm³/mol. The molecule has 0 aromatic carbocycles. The van der Waals surface area contributed by atoms with Gasteiger partial charge in [0.2, 0.25) is 11.8 Å². The molecule has 2 aromatic rings. The molecule has 0 aliphatic carbocycles. The summed E-state index contributed by atoms with van der Waals surface area (Å²) in [4.78, 5) is 36.5. The van der Waals surface area contributed by atoms with E-state index < -0.39 is 18.6 Å². The van der Waals surface area contributed by atoms with Crippen molar-refractivity contribution in [2.24, 2.45) is 5.92 Å². The van der Waals surface area contributed by atoms with Gasteiger partial charge in [0.25, 0.3) is 5.91 Å². The third kappa shape index (κ3) is 7.04. The Hall–Kier alpha value is -3.94. The first-order valence-electron chi connectivity index (χ1n) is 10.9. The maximum atomic E-state index is 12.8. The maximum absolute atomic E-state index is 12.8. The zero-order valence-corrected chi connectivity index (χ0v) is 19.9. The summed E-state index contributed by atoms with van der Waals surface area (Å²) in [5.41, 5.74) is 0.246. The van der Waals surface area contributed by atoms with Gasteiger partial charge < -0.3 is 25.3 Å². The Balaban J connectivity index is 1.69. The van der Waals surface area contributed by atoms with E-state index in [9.17, 15) is 22.8 Å². The summed E-state index contributed by atoms with van der Waals surface area (Å²) in [5.74, 6) is -1.05. The topological polar surface area (TPSA) is 139 Å². The molecule has 1 fully saturated rings. The lowest BCUT2D eigenvalue weighted by Gasteiger charge is -2.21. The number of amides is 2. The van der Waals surface area contributed by atoms with Crippen LogP contribution in [0.15, 0.2) is 40.9 Å². The third-order valence-electron chi connectivity index (χ3n) is 5.10. The van der Waals surface area contributed by atoms with Crippen LogP contribution in [0.1, 0.15) is 16.9 Å². The van der Waals surface area contributed by atoms with Crippen molar-refractivity contribution in [3.63, 3.8) is 0 Å². The Morgan fingerprint density at radius 1 is 1.39 bits per heavy atom. The van der Waals surface area contributed by atoms with Crippen LogP contribution >= 0.6 is 0 Å². The Morgan fingerprint density at radius 2 is 2.14 bits per heavy atom. The first kappa shape index (κ1) is 26.7. The molecule has 1 aliphatic rings. The van der Waals surface area contributed by atoms with Crippen LogP contribution in [-0.4, -0.2) is 84.4 Å². The zero-order chi connectivity index (χ0) is 26.5. The van der Waals surface area contributed by atoms with Gasteiger partial charge >= 0.3 is 6.18 Å². The van der Waals surface area contributed by atoms with Gasteiger partial charge in [-0.05, 0) is 32.1 Å². The van der Waals surface area contributed by atoms with Gasteiger partial charge in [0.15, 0.2) is 11.5 Å². The van der Waals surface area contributed by atoms with Gasteiger partial charge in [0, 0.05) is 44.5 Å². The molecule has 14 heteroatoms. The van der Waals surface area contributed by atoms with Crippen molar-refractivity contribution in [1.82, 2.24) is 30.4 Å². The molecule has 2 aromatic heterocycles. The van der Waals surface area contributed by atoms with Crippen LogP contribution in [0.4, 0.5) is 19.0 Å². The number of anilines is 1. The Labute approximate surface area is 205 Å². The predicted octanol–water partition coefficient (Wildman–Crippen LogP) is 1.89. The second-order valence-electron chi connectivity index (χ2n) is 8.42. The lowest BCUT2D eigenvalue weighted by atomic mass is 10.1. The van der Waals surface area contributed by atoms with E-state index in [0.29, 0.717) is 25.1 Å². The van der Waals surface area contributed by atoms with Crippen LogP contribution in [0, 0.1) is 11.3 Å². The number of nitrogens with one attached hydrogen (secondary N) is 4. The molecule has 3 rings (SSSR count). The second-order valence-corrected chi connectivity index (χ2v) is 8.42. The van der Waals surface area contributed by atoms with Crippen LogP contribution in [-0.2, 0) is 4.79 Å². The van der Waals surface area contributed by atoms with Crippen molar-refractivity contribution in [2.75, 3.05) is 46.1 Å². The largest absolute Gasteiger partial charge is 0.444 e. The number of halogens is 3. The molecule has 36 heavy (non-hydrogen) atoms. The molecule has 0 radical (unpaired) electrons. The highest BCUT2D eigenvalue weighted by Gasteiger charge is 2.34. The van der Waals surface area contributed by atoms with Crippen molar-refractivity contribution in [2.45, 2.75) is 12.6 Å². The monoisotopic (exact) mass is 508 g/mol. The summed E-state index contributed by atoms with van der Waals surface area (Å²) in [6, 6.07) is 2.78. The van der Waals surface area contributed by atoms with Gasteiger partial charge in [-0.1, -0.05) is 0 Å². The molecule has 0 saturated carbocycles. The SMILES string of the molecule is CN/C=C(/NC(=O)c1coc(-c2ccnc(NCC(F)(F)F)c2)n1)C(=N)N1CC(CN(C)C)CC1=O. The number of aromatic nitrogens is 2. The Morgan fingerprint density at radius 3 is 2.81 bits per heavy atom. The van der Waals surface area contributed by atoms with Crippen LogP contribution in [0.5, 0.6) is 0 Å². The minimum absolute atomic E-state index is 0.00641. The third-order valence-corrected chi connectivity index (χ3v) is 5.10. The lowest BCUT2D eigenvalue weighted by Crippen LogP contribution is -2.40. The molecule has 1 saturated heterocycles. The van der Waals surface area contributed by atoms with Crippen molar-refractivity contribution >= 4 is 23.5 Å². The van der Waals surface area contributed by atoms with Gasteiger partial charge in [-0.25, -0.2) is 9.97 Å².